The van der Waals surface area contributed by atoms with Crippen LogP contribution in [0.4, 0.5) is 0 Å². The normalized spacial score (nSPS) is 17.6. The van der Waals surface area contributed by atoms with E-state index in [9.17, 15) is 4.79 Å². The van der Waals surface area contributed by atoms with Crippen LogP contribution in [0, 0.1) is 6.92 Å². The molecule has 1 aliphatic heterocycles. The van der Waals surface area contributed by atoms with Crippen LogP contribution < -0.4 is 5.73 Å². The molecule has 110 valence electrons. The fourth-order valence-electron chi connectivity index (χ4n) is 2.65. The summed E-state index contributed by atoms with van der Waals surface area (Å²) >= 11 is 0. The zero-order chi connectivity index (χ0) is 15.5. The van der Waals surface area contributed by atoms with Gasteiger partial charge < -0.3 is 5.73 Å². The number of carbonyl (C=O) groups is 1. The summed E-state index contributed by atoms with van der Waals surface area (Å²) in [6.07, 6.45) is 0. The average molecular weight is 291 g/mol. The van der Waals surface area contributed by atoms with Crippen LogP contribution in [0.2, 0.25) is 0 Å². The van der Waals surface area contributed by atoms with Gasteiger partial charge in [0.2, 0.25) is 5.84 Å². The third kappa shape index (κ3) is 2.81. The highest BCUT2D eigenvalue weighted by molar-refractivity contribution is 6.40. The molecule has 0 spiro atoms. The van der Waals surface area contributed by atoms with E-state index in [1.807, 2.05) is 36.4 Å². The van der Waals surface area contributed by atoms with Crippen LogP contribution in [-0.2, 0) is 4.79 Å². The summed E-state index contributed by atoms with van der Waals surface area (Å²) in [5.74, 6) is -0.454. The van der Waals surface area contributed by atoms with Gasteiger partial charge in [-0.15, -0.1) is 0 Å². The van der Waals surface area contributed by atoms with Gasteiger partial charge in [0.1, 0.15) is 0 Å². The van der Waals surface area contributed by atoms with Gasteiger partial charge in [-0.25, -0.2) is 4.99 Å². The van der Waals surface area contributed by atoms with Crippen molar-refractivity contribution in [2.75, 3.05) is 6.54 Å². The Labute approximate surface area is 129 Å². The SMILES string of the molecule is Cc1cccc(C2CN=C(C(N)=O)N=C2c2ccccc2)c1. The monoisotopic (exact) mass is 291 g/mol. The molecule has 1 amide bonds. The summed E-state index contributed by atoms with van der Waals surface area (Å²) in [6, 6.07) is 18.1. The third-order valence-electron chi connectivity index (χ3n) is 3.71. The van der Waals surface area contributed by atoms with E-state index in [1.54, 1.807) is 0 Å². The number of nitrogens with zero attached hydrogens (tertiary/aromatic N) is 2. The van der Waals surface area contributed by atoms with E-state index >= 15 is 0 Å². The van der Waals surface area contributed by atoms with E-state index < -0.39 is 5.91 Å². The zero-order valence-corrected chi connectivity index (χ0v) is 12.4. The van der Waals surface area contributed by atoms with Crippen molar-refractivity contribution < 1.29 is 4.79 Å². The van der Waals surface area contributed by atoms with Gasteiger partial charge in [0.25, 0.3) is 5.91 Å². The lowest BCUT2D eigenvalue weighted by Gasteiger charge is -2.22. The first kappa shape index (κ1) is 14.2. The van der Waals surface area contributed by atoms with Gasteiger partial charge in [0.05, 0.1) is 12.3 Å². The largest absolute Gasteiger partial charge is 0.363 e. The second-order valence-corrected chi connectivity index (χ2v) is 5.36. The highest BCUT2D eigenvalue weighted by Gasteiger charge is 2.25. The number of aliphatic imine (C=N–C) groups is 2. The molecular weight excluding hydrogens is 274 g/mol. The minimum atomic E-state index is -0.587. The van der Waals surface area contributed by atoms with Gasteiger partial charge in [-0.2, -0.15) is 0 Å². The smallest absolute Gasteiger partial charge is 0.286 e. The molecule has 1 atom stereocenters. The zero-order valence-electron chi connectivity index (χ0n) is 12.4. The highest BCUT2D eigenvalue weighted by Crippen LogP contribution is 2.26. The number of hydrogen-bond donors (Lipinski definition) is 1. The fraction of sp³-hybridized carbons (Fsp3) is 0.167. The van der Waals surface area contributed by atoms with Crippen LogP contribution in [0.5, 0.6) is 0 Å². The Balaban J connectivity index is 2.07. The van der Waals surface area contributed by atoms with E-state index in [0.717, 1.165) is 16.8 Å². The Morgan fingerprint density at radius 2 is 1.91 bits per heavy atom. The first-order valence-corrected chi connectivity index (χ1v) is 7.20. The summed E-state index contributed by atoms with van der Waals surface area (Å²) < 4.78 is 0. The molecule has 1 unspecified atom stereocenters. The topological polar surface area (TPSA) is 67.8 Å². The number of carbonyl (C=O) groups excluding carboxylic acids is 1. The second-order valence-electron chi connectivity index (χ2n) is 5.36. The molecular formula is C18H17N3O. The van der Waals surface area contributed by atoms with Crippen molar-refractivity contribution in [3.63, 3.8) is 0 Å². The summed E-state index contributed by atoms with van der Waals surface area (Å²) in [6.45, 7) is 2.54. The number of benzene rings is 2. The Hall–Kier alpha value is -2.75. The summed E-state index contributed by atoms with van der Waals surface area (Å²) in [5, 5.41) is 0. The first-order valence-electron chi connectivity index (χ1n) is 7.20. The molecule has 0 saturated carbocycles. The maximum Gasteiger partial charge on any atom is 0.286 e. The molecule has 0 radical (unpaired) electrons. The van der Waals surface area contributed by atoms with Crippen LogP contribution in [0.1, 0.15) is 22.6 Å². The van der Waals surface area contributed by atoms with Gasteiger partial charge in [0.15, 0.2) is 0 Å². The number of primary amides is 1. The van der Waals surface area contributed by atoms with Crippen molar-refractivity contribution in [2.45, 2.75) is 12.8 Å². The maximum absolute atomic E-state index is 11.4. The lowest BCUT2D eigenvalue weighted by atomic mass is 9.88. The van der Waals surface area contributed by atoms with E-state index in [1.165, 1.54) is 5.56 Å². The molecule has 4 nitrogen and oxygen atoms in total. The highest BCUT2D eigenvalue weighted by atomic mass is 16.1. The van der Waals surface area contributed by atoms with Gasteiger partial charge in [0, 0.05) is 5.92 Å². The number of nitrogens with two attached hydrogens (primary N) is 1. The molecule has 1 aliphatic rings. The van der Waals surface area contributed by atoms with Crippen LogP contribution in [0.15, 0.2) is 64.6 Å². The minimum absolute atomic E-state index is 0.0328. The van der Waals surface area contributed by atoms with Crippen molar-refractivity contribution in [1.82, 2.24) is 0 Å². The lowest BCUT2D eigenvalue weighted by molar-refractivity contribution is -0.112. The molecule has 0 fully saturated rings. The molecule has 0 bridgehead atoms. The molecule has 0 aromatic heterocycles. The predicted octanol–water partition coefficient (Wildman–Crippen LogP) is 2.47. The number of amidine groups is 1. The Bertz CT molecular complexity index is 763. The molecule has 2 aromatic carbocycles. The van der Waals surface area contributed by atoms with Gasteiger partial charge in [-0.05, 0) is 18.1 Å². The number of rotatable bonds is 3. The molecule has 1 heterocycles. The maximum atomic E-state index is 11.4. The number of aryl methyl sites for hydroxylation is 1. The number of amides is 1. The summed E-state index contributed by atoms with van der Waals surface area (Å²) in [7, 11) is 0. The molecule has 0 saturated heterocycles. The van der Waals surface area contributed by atoms with Gasteiger partial charge in [-0.3, -0.25) is 9.79 Å². The second kappa shape index (κ2) is 5.93. The number of hydrogen-bond acceptors (Lipinski definition) is 3. The summed E-state index contributed by atoms with van der Waals surface area (Å²) in [5.41, 5.74) is 9.51. The van der Waals surface area contributed by atoms with Crippen LogP contribution in [0.25, 0.3) is 0 Å². The van der Waals surface area contributed by atoms with E-state index in [-0.39, 0.29) is 11.8 Å². The fourth-order valence-corrected chi connectivity index (χ4v) is 2.65. The molecule has 4 heteroatoms. The van der Waals surface area contributed by atoms with E-state index in [2.05, 4.69) is 35.1 Å². The van der Waals surface area contributed by atoms with Crippen LogP contribution in [0.3, 0.4) is 0 Å². The van der Waals surface area contributed by atoms with Crippen molar-refractivity contribution in [2.24, 2.45) is 15.7 Å². The van der Waals surface area contributed by atoms with Crippen molar-refractivity contribution in [3.05, 3.63) is 71.3 Å². The average Bonchev–Trinajstić information content (AvgIpc) is 2.55. The molecule has 2 aromatic rings. The van der Waals surface area contributed by atoms with Crippen molar-refractivity contribution in [1.29, 1.82) is 0 Å². The van der Waals surface area contributed by atoms with E-state index in [0.29, 0.717) is 6.54 Å². The van der Waals surface area contributed by atoms with Crippen molar-refractivity contribution in [3.8, 4) is 0 Å². The Morgan fingerprint density at radius 1 is 1.14 bits per heavy atom. The van der Waals surface area contributed by atoms with Gasteiger partial charge >= 0.3 is 0 Å². The lowest BCUT2D eigenvalue weighted by Crippen LogP contribution is -2.30. The van der Waals surface area contributed by atoms with Crippen LogP contribution in [-0.4, -0.2) is 24.0 Å². The predicted molar refractivity (Wildman–Crippen MR) is 88.4 cm³/mol. The first-order chi connectivity index (χ1) is 10.6. The molecule has 3 rings (SSSR count). The third-order valence-corrected chi connectivity index (χ3v) is 3.71. The summed E-state index contributed by atoms with van der Waals surface area (Å²) in [4.78, 5) is 20.1. The molecule has 2 N–H and O–H groups in total. The standard InChI is InChI=1S/C18H17N3O/c1-12-6-5-9-14(10-12)15-11-20-18(17(19)22)21-16(15)13-7-3-2-4-8-13/h2-10,15H,11H2,1H3,(H2,19,22). The van der Waals surface area contributed by atoms with Crippen LogP contribution >= 0.6 is 0 Å². The molecule has 22 heavy (non-hydrogen) atoms. The quantitative estimate of drug-likeness (QED) is 0.927. The Morgan fingerprint density at radius 3 is 2.59 bits per heavy atom. The van der Waals surface area contributed by atoms with Crippen molar-refractivity contribution >= 4 is 17.5 Å². The minimum Gasteiger partial charge on any atom is -0.363 e. The Kier molecular flexibility index (Phi) is 3.83. The molecule has 0 aliphatic carbocycles. The van der Waals surface area contributed by atoms with Gasteiger partial charge in [-0.1, -0.05) is 60.2 Å². The van der Waals surface area contributed by atoms with E-state index in [4.69, 9.17) is 5.73 Å².